The van der Waals surface area contributed by atoms with Gasteiger partial charge in [0.25, 0.3) is 0 Å². The van der Waals surface area contributed by atoms with E-state index in [1.807, 2.05) is 0 Å². The lowest BCUT2D eigenvalue weighted by atomic mass is 10.3. The molecule has 0 radical (unpaired) electrons. The monoisotopic (exact) mass is 185 g/mol. The summed E-state index contributed by atoms with van der Waals surface area (Å²) in [4.78, 5) is 0. The van der Waals surface area contributed by atoms with Gasteiger partial charge in [0.2, 0.25) is 0 Å². The first kappa shape index (κ1) is 11.7. The van der Waals surface area contributed by atoms with Crippen molar-refractivity contribution in [3.05, 3.63) is 24.3 Å². The maximum Gasteiger partial charge on any atom is 0.157 e. The number of phenolic OH excluding ortho intramolecular Hbond substituents is 2. The standard InChI is InChI=1S/C6H6O2.C3H9NO/c7-5-3-1-2-4-6(5)8;1-4-2-3-5/h1-4,7-8H;4-5H,2-3H2,1H3. The van der Waals surface area contributed by atoms with Gasteiger partial charge < -0.3 is 20.6 Å². The van der Waals surface area contributed by atoms with Crippen LogP contribution < -0.4 is 5.32 Å². The summed E-state index contributed by atoms with van der Waals surface area (Å²) in [5, 5.41) is 28.1. The van der Waals surface area contributed by atoms with Gasteiger partial charge in [0.05, 0.1) is 6.61 Å². The van der Waals surface area contributed by atoms with Gasteiger partial charge in [0.15, 0.2) is 11.5 Å². The molecular weight excluding hydrogens is 170 g/mol. The maximum absolute atomic E-state index is 8.67. The fraction of sp³-hybridized carbons (Fsp3) is 0.333. The Kier molecular flexibility index (Phi) is 6.68. The molecule has 0 amide bonds. The molecule has 0 unspecified atom stereocenters. The molecule has 1 aromatic carbocycles. The third-order valence-electron chi connectivity index (χ3n) is 1.24. The van der Waals surface area contributed by atoms with E-state index in [1.165, 1.54) is 12.1 Å². The van der Waals surface area contributed by atoms with Crippen molar-refractivity contribution in [2.75, 3.05) is 20.2 Å². The van der Waals surface area contributed by atoms with E-state index in [-0.39, 0.29) is 18.1 Å². The number of hydrogen-bond donors (Lipinski definition) is 4. The Morgan fingerprint density at radius 2 is 1.62 bits per heavy atom. The molecule has 0 atom stereocenters. The number of nitrogens with one attached hydrogen (secondary N) is 1. The summed E-state index contributed by atoms with van der Waals surface area (Å²) in [6.45, 7) is 0.927. The van der Waals surface area contributed by atoms with Crippen molar-refractivity contribution in [2.45, 2.75) is 0 Å². The molecule has 13 heavy (non-hydrogen) atoms. The van der Waals surface area contributed by atoms with E-state index in [9.17, 15) is 0 Å². The van der Waals surface area contributed by atoms with Gasteiger partial charge >= 0.3 is 0 Å². The molecule has 0 aromatic heterocycles. The molecule has 0 bridgehead atoms. The zero-order valence-corrected chi connectivity index (χ0v) is 7.57. The van der Waals surface area contributed by atoms with Crippen LogP contribution in [0.25, 0.3) is 0 Å². The van der Waals surface area contributed by atoms with Crippen LogP contribution in [0.4, 0.5) is 0 Å². The predicted molar refractivity (Wildman–Crippen MR) is 50.8 cm³/mol. The molecule has 0 heterocycles. The largest absolute Gasteiger partial charge is 0.504 e. The molecule has 0 saturated carbocycles. The number of para-hydroxylation sites is 2. The van der Waals surface area contributed by atoms with Crippen LogP contribution in [-0.2, 0) is 0 Å². The zero-order chi connectivity index (χ0) is 10.1. The normalized spacial score (nSPS) is 8.77. The lowest BCUT2D eigenvalue weighted by molar-refractivity contribution is 0.296. The highest BCUT2D eigenvalue weighted by atomic mass is 16.3. The van der Waals surface area contributed by atoms with Gasteiger partial charge in [-0.05, 0) is 19.2 Å². The van der Waals surface area contributed by atoms with Gasteiger partial charge in [0.1, 0.15) is 0 Å². The molecule has 0 aliphatic rings. The second-order valence-corrected chi connectivity index (χ2v) is 2.32. The third kappa shape index (κ3) is 5.95. The van der Waals surface area contributed by atoms with Crippen molar-refractivity contribution in [1.29, 1.82) is 0 Å². The van der Waals surface area contributed by atoms with Gasteiger partial charge in [-0.15, -0.1) is 0 Å². The first-order valence-electron chi connectivity index (χ1n) is 3.94. The van der Waals surface area contributed by atoms with Crippen molar-refractivity contribution in [3.63, 3.8) is 0 Å². The van der Waals surface area contributed by atoms with Crippen LogP contribution in [0.15, 0.2) is 24.3 Å². The molecule has 4 N–H and O–H groups in total. The van der Waals surface area contributed by atoms with E-state index >= 15 is 0 Å². The summed E-state index contributed by atoms with van der Waals surface area (Å²) in [6, 6.07) is 6.15. The van der Waals surface area contributed by atoms with Crippen LogP contribution in [0.3, 0.4) is 0 Å². The van der Waals surface area contributed by atoms with Crippen molar-refractivity contribution in [2.24, 2.45) is 0 Å². The molecule has 1 aromatic rings. The predicted octanol–water partition coefficient (Wildman–Crippen LogP) is 0.296. The van der Waals surface area contributed by atoms with E-state index in [4.69, 9.17) is 15.3 Å². The molecule has 4 nitrogen and oxygen atoms in total. The van der Waals surface area contributed by atoms with Gasteiger partial charge in [0, 0.05) is 6.54 Å². The van der Waals surface area contributed by atoms with Crippen molar-refractivity contribution < 1.29 is 15.3 Å². The van der Waals surface area contributed by atoms with Crippen LogP contribution in [-0.4, -0.2) is 35.5 Å². The fourth-order valence-electron chi connectivity index (χ4n) is 0.576. The molecule has 74 valence electrons. The second kappa shape index (κ2) is 7.39. The van der Waals surface area contributed by atoms with E-state index in [0.717, 1.165) is 0 Å². The Bertz CT molecular complexity index is 205. The Balaban J connectivity index is 0.000000252. The number of hydrogen-bond acceptors (Lipinski definition) is 4. The number of phenols is 2. The van der Waals surface area contributed by atoms with Crippen LogP contribution in [0.1, 0.15) is 0 Å². The van der Waals surface area contributed by atoms with E-state index in [1.54, 1.807) is 19.2 Å². The molecule has 0 fully saturated rings. The first-order chi connectivity index (χ1) is 6.22. The lowest BCUT2D eigenvalue weighted by Gasteiger charge is -1.91. The number of rotatable bonds is 2. The van der Waals surface area contributed by atoms with Crippen molar-refractivity contribution >= 4 is 0 Å². The molecule has 0 spiro atoms. The molecule has 0 aliphatic carbocycles. The second-order valence-electron chi connectivity index (χ2n) is 2.32. The molecule has 1 rings (SSSR count). The molecule has 0 saturated heterocycles. The highest BCUT2D eigenvalue weighted by molar-refractivity contribution is 5.36. The maximum atomic E-state index is 8.67. The van der Waals surface area contributed by atoms with E-state index < -0.39 is 0 Å². The summed E-state index contributed by atoms with van der Waals surface area (Å²) >= 11 is 0. The minimum absolute atomic E-state index is 0.0764. The number of aliphatic hydroxyl groups is 1. The summed E-state index contributed by atoms with van der Waals surface area (Å²) in [6.07, 6.45) is 0. The van der Waals surface area contributed by atoms with Crippen LogP contribution in [0.2, 0.25) is 0 Å². The van der Waals surface area contributed by atoms with E-state index in [2.05, 4.69) is 5.32 Å². The average molecular weight is 185 g/mol. The Morgan fingerprint density at radius 3 is 1.77 bits per heavy atom. The smallest absolute Gasteiger partial charge is 0.157 e. The first-order valence-corrected chi connectivity index (χ1v) is 3.94. The number of aromatic hydroxyl groups is 2. The van der Waals surface area contributed by atoms with Crippen molar-refractivity contribution in [3.8, 4) is 11.5 Å². The topological polar surface area (TPSA) is 72.7 Å². The Labute approximate surface area is 77.5 Å². The quantitative estimate of drug-likeness (QED) is 0.500. The lowest BCUT2D eigenvalue weighted by Crippen LogP contribution is -2.10. The summed E-state index contributed by atoms with van der Waals surface area (Å²) in [5.74, 6) is -0.153. The van der Waals surface area contributed by atoms with E-state index in [0.29, 0.717) is 6.54 Å². The molecule has 0 aliphatic heterocycles. The fourth-order valence-corrected chi connectivity index (χ4v) is 0.576. The minimum Gasteiger partial charge on any atom is -0.504 e. The third-order valence-corrected chi connectivity index (χ3v) is 1.24. The van der Waals surface area contributed by atoms with Gasteiger partial charge in [-0.1, -0.05) is 12.1 Å². The van der Waals surface area contributed by atoms with Crippen LogP contribution in [0, 0.1) is 0 Å². The highest BCUT2D eigenvalue weighted by Crippen LogP contribution is 2.21. The zero-order valence-electron chi connectivity index (χ0n) is 7.57. The molecule has 4 heteroatoms. The van der Waals surface area contributed by atoms with Gasteiger partial charge in [-0.25, -0.2) is 0 Å². The Morgan fingerprint density at radius 1 is 1.15 bits per heavy atom. The SMILES string of the molecule is CNCCO.Oc1ccccc1O. The summed E-state index contributed by atoms with van der Waals surface area (Å²) < 4.78 is 0. The number of aliphatic hydroxyl groups excluding tert-OH is 1. The number of likely N-dealkylation sites (N-methyl/N-ethyl adjacent to an activating group) is 1. The summed E-state index contributed by atoms with van der Waals surface area (Å²) in [5.41, 5.74) is 0. The van der Waals surface area contributed by atoms with Crippen LogP contribution in [0.5, 0.6) is 11.5 Å². The number of benzene rings is 1. The van der Waals surface area contributed by atoms with Gasteiger partial charge in [-0.3, -0.25) is 0 Å². The average Bonchev–Trinajstić information content (AvgIpc) is 2.13. The minimum atomic E-state index is -0.0764. The van der Waals surface area contributed by atoms with Crippen LogP contribution >= 0.6 is 0 Å². The van der Waals surface area contributed by atoms with Crippen molar-refractivity contribution in [1.82, 2.24) is 5.32 Å². The molecular formula is C9H15NO3. The highest BCUT2D eigenvalue weighted by Gasteiger charge is 1.90. The van der Waals surface area contributed by atoms with Gasteiger partial charge in [-0.2, -0.15) is 0 Å². The Hall–Kier alpha value is -1.26. The summed E-state index contributed by atoms with van der Waals surface area (Å²) in [7, 11) is 1.80.